The molecule has 0 amide bonds. The molecule has 1 N–H and O–H groups in total. The molecule has 1 aliphatic rings. The number of benzene rings is 1. The topological polar surface area (TPSA) is 47.6 Å². The van der Waals surface area contributed by atoms with Gasteiger partial charge in [-0.05, 0) is 12.1 Å². The summed E-state index contributed by atoms with van der Waals surface area (Å²) in [6.45, 7) is 0.831. The minimum Gasteiger partial charge on any atom is -0.467 e. The van der Waals surface area contributed by atoms with E-state index in [9.17, 15) is 4.79 Å². The zero-order valence-corrected chi connectivity index (χ0v) is 10.3. The standard InChI is InChI=1S/C12H14ClNO3/c1-16-11(15)12(6-7-17-8-12)14-10-5-3-2-4-9(10)13/h2-5,14H,6-8H2,1H3. The van der Waals surface area contributed by atoms with E-state index < -0.39 is 5.54 Å². The van der Waals surface area contributed by atoms with Gasteiger partial charge in [-0.3, -0.25) is 0 Å². The van der Waals surface area contributed by atoms with E-state index in [-0.39, 0.29) is 5.97 Å². The first-order chi connectivity index (χ1) is 8.18. The van der Waals surface area contributed by atoms with Crippen LogP contribution in [0.1, 0.15) is 6.42 Å². The predicted octanol–water partition coefficient (Wildman–Crippen LogP) is 2.08. The molecule has 1 aliphatic heterocycles. The number of para-hydroxylation sites is 1. The number of methoxy groups -OCH3 is 1. The molecule has 0 radical (unpaired) electrons. The largest absolute Gasteiger partial charge is 0.467 e. The van der Waals surface area contributed by atoms with Crippen LogP contribution in [0.4, 0.5) is 5.69 Å². The second-order valence-corrected chi connectivity index (χ2v) is 4.39. The van der Waals surface area contributed by atoms with Crippen LogP contribution in [0.3, 0.4) is 0 Å². The van der Waals surface area contributed by atoms with Crippen LogP contribution in [-0.2, 0) is 14.3 Å². The Morgan fingerprint density at radius 2 is 2.29 bits per heavy atom. The van der Waals surface area contributed by atoms with Crippen LogP contribution in [-0.4, -0.2) is 31.8 Å². The number of carbonyl (C=O) groups is 1. The van der Waals surface area contributed by atoms with E-state index in [1.165, 1.54) is 7.11 Å². The molecule has 0 saturated carbocycles. The molecule has 0 aromatic heterocycles. The molecule has 0 bridgehead atoms. The molecule has 1 fully saturated rings. The molecule has 1 atom stereocenters. The van der Waals surface area contributed by atoms with Gasteiger partial charge in [0.1, 0.15) is 0 Å². The Labute approximate surface area is 105 Å². The molecule has 5 heteroatoms. The summed E-state index contributed by atoms with van der Waals surface area (Å²) in [4.78, 5) is 11.8. The molecule has 1 aromatic carbocycles. The van der Waals surface area contributed by atoms with Crippen LogP contribution in [0, 0.1) is 0 Å². The fourth-order valence-corrected chi connectivity index (χ4v) is 2.07. The van der Waals surface area contributed by atoms with Gasteiger partial charge in [-0.2, -0.15) is 0 Å². The van der Waals surface area contributed by atoms with Crippen molar-refractivity contribution in [1.29, 1.82) is 0 Å². The zero-order chi connectivity index (χ0) is 12.3. The van der Waals surface area contributed by atoms with Crippen LogP contribution >= 0.6 is 11.6 Å². The predicted molar refractivity (Wildman–Crippen MR) is 65.3 cm³/mol. The number of halogens is 1. The maximum absolute atomic E-state index is 11.8. The fraction of sp³-hybridized carbons (Fsp3) is 0.417. The molecule has 2 rings (SSSR count). The van der Waals surface area contributed by atoms with Crippen LogP contribution in [0.25, 0.3) is 0 Å². The van der Waals surface area contributed by atoms with Gasteiger partial charge < -0.3 is 14.8 Å². The Morgan fingerprint density at radius 1 is 1.53 bits per heavy atom. The number of hydrogen-bond donors (Lipinski definition) is 1. The summed E-state index contributed by atoms with van der Waals surface area (Å²) in [5, 5.41) is 3.71. The molecule has 4 nitrogen and oxygen atoms in total. The van der Waals surface area contributed by atoms with E-state index in [2.05, 4.69) is 5.32 Å². The van der Waals surface area contributed by atoms with Crippen molar-refractivity contribution in [3.05, 3.63) is 29.3 Å². The highest BCUT2D eigenvalue weighted by atomic mass is 35.5. The summed E-state index contributed by atoms with van der Waals surface area (Å²) in [5.74, 6) is -0.324. The van der Waals surface area contributed by atoms with Crippen LogP contribution in [0.5, 0.6) is 0 Å². The van der Waals surface area contributed by atoms with Crippen LogP contribution in [0.15, 0.2) is 24.3 Å². The number of carbonyl (C=O) groups excluding carboxylic acids is 1. The lowest BCUT2D eigenvalue weighted by molar-refractivity contribution is -0.146. The van der Waals surface area contributed by atoms with E-state index in [1.54, 1.807) is 6.07 Å². The van der Waals surface area contributed by atoms with Crippen molar-refractivity contribution in [2.45, 2.75) is 12.0 Å². The van der Waals surface area contributed by atoms with E-state index >= 15 is 0 Å². The lowest BCUT2D eigenvalue weighted by atomic mass is 9.98. The SMILES string of the molecule is COC(=O)C1(Nc2ccccc2Cl)CCOC1. The quantitative estimate of drug-likeness (QED) is 0.841. The Balaban J connectivity index is 2.25. The smallest absolute Gasteiger partial charge is 0.334 e. The third-order valence-electron chi connectivity index (χ3n) is 2.85. The summed E-state index contributed by atoms with van der Waals surface area (Å²) in [6, 6.07) is 7.29. The second kappa shape index (κ2) is 4.94. The lowest BCUT2D eigenvalue weighted by Crippen LogP contribution is -2.47. The molecular weight excluding hydrogens is 242 g/mol. The number of hydrogen-bond acceptors (Lipinski definition) is 4. The van der Waals surface area contributed by atoms with Gasteiger partial charge in [0.05, 0.1) is 24.4 Å². The zero-order valence-electron chi connectivity index (χ0n) is 9.53. The van der Waals surface area contributed by atoms with Gasteiger partial charge in [0.25, 0.3) is 0 Å². The highest BCUT2D eigenvalue weighted by Crippen LogP contribution is 2.29. The molecule has 1 aromatic rings. The van der Waals surface area contributed by atoms with Gasteiger partial charge in [-0.1, -0.05) is 23.7 Å². The van der Waals surface area contributed by atoms with Crippen molar-refractivity contribution in [1.82, 2.24) is 0 Å². The van der Waals surface area contributed by atoms with Crippen molar-refractivity contribution in [2.75, 3.05) is 25.6 Å². The van der Waals surface area contributed by atoms with Gasteiger partial charge in [0.15, 0.2) is 5.54 Å². The Morgan fingerprint density at radius 3 is 2.88 bits per heavy atom. The maximum Gasteiger partial charge on any atom is 0.334 e. The van der Waals surface area contributed by atoms with E-state index in [0.29, 0.717) is 30.3 Å². The Bertz CT molecular complexity index is 416. The number of rotatable bonds is 3. The Hall–Kier alpha value is -1.26. The fourth-order valence-electron chi connectivity index (χ4n) is 1.89. The highest BCUT2D eigenvalue weighted by molar-refractivity contribution is 6.33. The first kappa shape index (κ1) is 12.2. The van der Waals surface area contributed by atoms with E-state index in [1.807, 2.05) is 18.2 Å². The summed E-state index contributed by atoms with van der Waals surface area (Å²) in [7, 11) is 1.37. The van der Waals surface area contributed by atoms with Crippen molar-refractivity contribution in [3.8, 4) is 0 Å². The highest BCUT2D eigenvalue weighted by Gasteiger charge is 2.43. The van der Waals surface area contributed by atoms with Gasteiger partial charge in [0.2, 0.25) is 0 Å². The number of ether oxygens (including phenoxy) is 2. The van der Waals surface area contributed by atoms with Gasteiger partial charge in [0, 0.05) is 13.0 Å². The minimum atomic E-state index is -0.820. The van der Waals surface area contributed by atoms with E-state index in [0.717, 1.165) is 0 Å². The van der Waals surface area contributed by atoms with Crippen molar-refractivity contribution >= 4 is 23.3 Å². The van der Waals surface area contributed by atoms with Crippen LogP contribution < -0.4 is 5.32 Å². The van der Waals surface area contributed by atoms with Gasteiger partial charge >= 0.3 is 5.97 Å². The normalized spacial score (nSPS) is 23.4. The number of esters is 1. The minimum absolute atomic E-state index is 0.297. The first-order valence-electron chi connectivity index (χ1n) is 5.37. The molecule has 1 unspecified atom stereocenters. The van der Waals surface area contributed by atoms with Crippen molar-refractivity contribution in [2.24, 2.45) is 0 Å². The summed E-state index contributed by atoms with van der Waals surface area (Å²) >= 11 is 6.06. The second-order valence-electron chi connectivity index (χ2n) is 3.98. The first-order valence-corrected chi connectivity index (χ1v) is 5.75. The average molecular weight is 256 g/mol. The average Bonchev–Trinajstić information content (AvgIpc) is 2.81. The Kier molecular flexibility index (Phi) is 3.54. The third-order valence-corrected chi connectivity index (χ3v) is 3.18. The van der Waals surface area contributed by atoms with Crippen molar-refractivity contribution < 1.29 is 14.3 Å². The lowest BCUT2D eigenvalue weighted by Gasteiger charge is -2.27. The molecule has 92 valence electrons. The molecule has 1 saturated heterocycles. The molecule has 0 aliphatic carbocycles. The molecular formula is C12H14ClNO3. The monoisotopic (exact) mass is 255 g/mol. The van der Waals surface area contributed by atoms with Crippen LogP contribution in [0.2, 0.25) is 5.02 Å². The third kappa shape index (κ3) is 2.37. The molecule has 0 spiro atoms. The molecule has 1 heterocycles. The summed E-state index contributed by atoms with van der Waals surface area (Å²) < 4.78 is 10.1. The van der Waals surface area contributed by atoms with Gasteiger partial charge in [-0.25, -0.2) is 4.79 Å². The van der Waals surface area contributed by atoms with Gasteiger partial charge in [-0.15, -0.1) is 0 Å². The summed E-state index contributed by atoms with van der Waals surface area (Å²) in [6.07, 6.45) is 0.574. The maximum atomic E-state index is 11.8. The summed E-state index contributed by atoms with van der Waals surface area (Å²) in [5.41, 5.74) is -0.107. The molecule has 17 heavy (non-hydrogen) atoms. The van der Waals surface area contributed by atoms with Crippen molar-refractivity contribution in [3.63, 3.8) is 0 Å². The van der Waals surface area contributed by atoms with E-state index in [4.69, 9.17) is 21.1 Å². The number of anilines is 1. The number of nitrogens with one attached hydrogen (secondary N) is 1.